The predicted octanol–water partition coefficient (Wildman–Crippen LogP) is 8.89. The quantitative estimate of drug-likeness (QED) is 0.252. The zero-order valence-electron chi connectivity index (χ0n) is 24.7. The van der Waals surface area contributed by atoms with Crippen LogP contribution in [0.5, 0.6) is 11.5 Å². The van der Waals surface area contributed by atoms with Crippen LogP contribution in [0.1, 0.15) is 88.6 Å². The van der Waals surface area contributed by atoms with E-state index in [1.54, 1.807) is 12.1 Å². The number of fused-ring (bicyclic) bond motifs is 1. The summed E-state index contributed by atoms with van der Waals surface area (Å²) >= 11 is 0. The molecule has 0 aromatic heterocycles. The van der Waals surface area contributed by atoms with Crippen LogP contribution in [-0.4, -0.2) is 30.1 Å². The van der Waals surface area contributed by atoms with E-state index in [0.29, 0.717) is 49.9 Å². The van der Waals surface area contributed by atoms with Crippen LogP contribution in [0.15, 0.2) is 24.3 Å². The summed E-state index contributed by atoms with van der Waals surface area (Å²) < 4.78 is 21.7. The number of aromatic hydroxyl groups is 1. The minimum Gasteiger partial charge on any atom is -0.553 e. The van der Waals surface area contributed by atoms with Crippen LogP contribution in [0, 0.1) is 17.3 Å². The zero-order chi connectivity index (χ0) is 27.6. The van der Waals surface area contributed by atoms with Gasteiger partial charge < -0.3 is 9.53 Å². The molecular formula is C30H49FO2Si3. The van der Waals surface area contributed by atoms with E-state index < -0.39 is 24.9 Å². The fraction of sp³-hybridized carbons (Fsp3) is 0.600. The summed E-state index contributed by atoms with van der Waals surface area (Å²) in [5.74, 6) is 3.63. The lowest BCUT2D eigenvalue weighted by atomic mass is 10.0. The molecule has 0 unspecified atom stereocenters. The summed E-state index contributed by atoms with van der Waals surface area (Å²) in [6.07, 6.45) is 0. The first-order valence-corrected chi connectivity index (χ1v) is 21.1. The maximum atomic E-state index is 15.1. The molecule has 0 bridgehead atoms. The number of phenolic OH excluding ortho intramolecular Hbond substituents is 1. The minimum atomic E-state index is -2.04. The van der Waals surface area contributed by atoms with E-state index in [-0.39, 0.29) is 11.6 Å². The molecule has 0 radical (unpaired) electrons. The molecule has 0 fully saturated rings. The summed E-state index contributed by atoms with van der Waals surface area (Å²) in [6, 6.07) is 6.86. The molecular weight excluding hydrogens is 496 g/mol. The first kappa shape index (κ1) is 30.7. The number of phenols is 1. The molecule has 0 spiro atoms. The Balaban J connectivity index is 2.60. The largest absolute Gasteiger partial charge is 0.553 e. The minimum absolute atomic E-state index is 0.0529. The molecule has 0 heterocycles. The molecule has 1 N–H and O–H groups in total. The molecule has 200 valence electrons. The van der Waals surface area contributed by atoms with E-state index in [0.717, 1.165) is 5.39 Å². The molecule has 0 saturated carbocycles. The van der Waals surface area contributed by atoms with Crippen molar-refractivity contribution in [2.75, 3.05) is 0 Å². The van der Waals surface area contributed by atoms with Crippen LogP contribution in [0.25, 0.3) is 10.8 Å². The molecule has 0 aliphatic heterocycles. The van der Waals surface area contributed by atoms with Crippen molar-refractivity contribution in [1.82, 2.24) is 0 Å². The van der Waals surface area contributed by atoms with Gasteiger partial charge in [-0.2, -0.15) is 0 Å². The van der Waals surface area contributed by atoms with E-state index >= 15 is 4.39 Å². The second-order valence-corrected chi connectivity index (χ2v) is 28.9. The second-order valence-electron chi connectivity index (χ2n) is 12.5. The lowest BCUT2D eigenvalue weighted by Gasteiger charge is -2.42. The Morgan fingerprint density at radius 2 is 1.28 bits per heavy atom. The number of hydrogen-bond donors (Lipinski definition) is 1. The van der Waals surface area contributed by atoms with Gasteiger partial charge in [-0.3, -0.25) is 0 Å². The van der Waals surface area contributed by atoms with Gasteiger partial charge in [-0.1, -0.05) is 95.1 Å². The fourth-order valence-corrected chi connectivity index (χ4v) is 21.9. The van der Waals surface area contributed by atoms with Gasteiger partial charge in [0, 0.05) is 11.5 Å². The van der Waals surface area contributed by atoms with Crippen LogP contribution < -0.4 is 4.43 Å². The normalized spacial score (nSPS) is 13.3. The van der Waals surface area contributed by atoms with E-state index in [9.17, 15) is 5.11 Å². The molecule has 2 aromatic carbocycles. The third-order valence-electron chi connectivity index (χ3n) is 9.00. The van der Waals surface area contributed by atoms with Crippen LogP contribution in [-0.2, 0) is 0 Å². The lowest BCUT2D eigenvalue weighted by molar-refractivity contribution is 0.477. The van der Waals surface area contributed by atoms with E-state index in [1.807, 2.05) is 6.07 Å². The molecule has 2 nitrogen and oxygen atoms in total. The molecule has 0 amide bonds. The number of benzene rings is 2. The van der Waals surface area contributed by atoms with Crippen molar-refractivity contribution in [2.45, 2.75) is 116 Å². The highest BCUT2D eigenvalue weighted by Crippen LogP contribution is 2.43. The monoisotopic (exact) mass is 544 g/mol. The predicted molar refractivity (Wildman–Crippen MR) is 164 cm³/mol. The van der Waals surface area contributed by atoms with Gasteiger partial charge in [-0.05, 0) is 50.8 Å². The maximum absolute atomic E-state index is 15.1. The number of halogens is 1. The molecule has 0 saturated heterocycles. The van der Waals surface area contributed by atoms with Gasteiger partial charge in [0.2, 0.25) is 9.28 Å². The van der Waals surface area contributed by atoms with Gasteiger partial charge in [0.05, 0.1) is 13.2 Å². The van der Waals surface area contributed by atoms with Crippen LogP contribution >= 0.6 is 0 Å². The average Bonchev–Trinajstić information content (AvgIpc) is 2.74. The van der Waals surface area contributed by atoms with Crippen LogP contribution in [0.2, 0.25) is 33.2 Å². The Morgan fingerprint density at radius 3 is 1.72 bits per heavy atom. The van der Waals surface area contributed by atoms with Gasteiger partial charge >= 0.3 is 0 Å². The number of hydrogen-bond acceptors (Lipinski definition) is 2. The Morgan fingerprint density at radius 1 is 0.778 bits per heavy atom. The van der Waals surface area contributed by atoms with Gasteiger partial charge in [-0.25, -0.2) is 4.39 Å². The van der Waals surface area contributed by atoms with E-state index in [2.05, 4.69) is 94.5 Å². The standard InChI is InChI=1S/C30H49FO2Si3/c1-19(2)35(20(3)4,21(5)6)16-15-27-28(31)14-13-25-17-26(18-29(32)30(25)27)33-34-36(22(7)8,23(9)10)24(11)12/h13-14,17-24,32H,34H2,1-12H3. The van der Waals surface area contributed by atoms with Gasteiger partial charge in [0.25, 0.3) is 0 Å². The van der Waals surface area contributed by atoms with Crippen molar-refractivity contribution in [1.29, 1.82) is 0 Å². The molecule has 0 aliphatic carbocycles. The molecule has 2 rings (SSSR count). The van der Waals surface area contributed by atoms with Crippen molar-refractivity contribution in [3.05, 3.63) is 35.6 Å². The lowest BCUT2D eigenvalue weighted by Crippen LogP contribution is -2.53. The highest BCUT2D eigenvalue weighted by atomic mass is 29.2. The smallest absolute Gasteiger partial charge is 0.206 e. The van der Waals surface area contributed by atoms with Crippen LogP contribution in [0.3, 0.4) is 0 Å². The summed E-state index contributed by atoms with van der Waals surface area (Å²) in [7, 11) is -4.51. The summed E-state index contributed by atoms with van der Waals surface area (Å²) in [5, 5.41) is 12.4. The topological polar surface area (TPSA) is 29.5 Å². The van der Waals surface area contributed by atoms with Crippen molar-refractivity contribution >= 4 is 35.7 Å². The van der Waals surface area contributed by atoms with Crippen molar-refractivity contribution in [3.63, 3.8) is 0 Å². The molecule has 0 atom stereocenters. The van der Waals surface area contributed by atoms with Gasteiger partial charge in [0.1, 0.15) is 25.4 Å². The SMILES string of the molecule is CC(C)[Si](C#Cc1c(F)ccc2cc(O[SiH2][Si](C(C)C)(C(C)C)C(C)C)cc(O)c12)(C(C)C)C(C)C. The van der Waals surface area contributed by atoms with Crippen molar-refractivity contribution in [2.24, 2.45) is 0 Å². The fourth-order valence-electron chi connectivity index (χ4n) is 6.91. The van der Waals surface area contributed by atoms with Gasteiger partial charge in [-0.15, -0.1) is 5.54 Å². The molecule has 0 aliphatic rings. The Labute approximate surface area is 224 Å². The first-order valence-electron chi connectivity index (χ1n) is 13.7. The van der Waals surface area contributed by atoms with Crippen molar-refractivity contribution in [3.8, 4) is 23.0 Å². The highest BCUT2D eigenvalue weighted by Gasteiger charge is 2.44. The molecule has 6 heteroatoms. The van der Waals surface area contributed by atoms with E-state index in [1.165, 1.54) is 6.07 Å². The van der Waals surface area contributed by atoms with Crippen LogP contribution in [0.4, 0.5) is 4.39 Å². The van der Waals surface area contributed by atoms with E-state index in [4.69, 9.17) is 4.43 Å². The van der Waals surface area contributed by atoms with Gasteiger partial charge in [0.15, 0.2) is 0 Å². The summed E-state index contributed by atoms with van der Waals surface area (Å²) in [5.41, 5.74) is 7.21. The zero-order valence-corrected chi connectivity index (χ0v) is 28.1. The maximum Gasteiger partial charge on any atom is 0.206 e. The highest BCUT2D eigenvalue weighted by molar-refractivity contribution is 7.24. The second kappa shape index (κ2) is 11.9. The average molecular weight is 545 g/mol. The Hall–Kier alpha value is -1.56. The first-order chi connectivity index (χ1) is 16.6. The Kier molecular flexibility index (Phi) is 10.1. The molecule has 36 heavy (non-hydrogen) atoms. The summed E-state index contributed by atoms with van der Waals surface area (Å²) in [4.78, 5) is 0. The van der Waals surface area contributed by atoms with Crippen molar-refractivity contribution < 1.29 is 13.9 Å². The summed E-state index contributed by atoms with van der Waals surface area (Å²) in [6.45, 7) is 27.6. The third kappa shape index (κ3) is 5.63. The third-order valence-corrected chi connectivity index (χ3v) is 32.0. The molecule has 2 aromatic rings. The number of rotatable bonds is 9. The Bertz CT molecular complexity index is 1070.